The summed E-state index contributed by atoms with van der Waals surface area (Å²) in [7, 11) is 1.59. The molecular weight excluding hydrogens is 512 g/mol. The minimum Gasteiger partial charge on any atom is -0.497 e. The minimum atomic E-state index is -0.738. The van der Waals surface area contributed by atoms with Gasteiger partial charge in [-0.05, 0) is 55.3 Å². The molecule has 2 heterocycles. The first kappa shape index (κ1) is 26.2. The van der Waals surface area contributed by atoms with Gasteiger partial charge >= 0.3 is 5.97 Å². The van der Waals surface area contributed by atoms with Gasteiger partial charge in [0, 0.05) is 5.56 Å². The molecular formula is C31H28N2O5S. The van der Waals surface area contributed by atoms with Crippen LogP contribution in [0, 0.1) is 0 Å². The number of nitrogens with zero attached hydrogens (tertiary/aromatic N) is 2. The third-order valence-electron chi connectivity index (χ3n) is 6.27. The number of ether oxygens (including phenoxy) is 3. The van der Waals surface area contributed by atoms with Gasteiger partial charge in [0.2, 0.25) is 0 Å². The number of thiazole rings is 1. The molecule has 4 aromatic rings. The first-order chi connectivity index (χ1) is 19.0. The highest BCUT2D eigenvalue weighted by molar-refractivity contribution is 7.07. The summed E-state index contributed by atoms with van der Waals surface area (Å²) in [5.74, 6) is 0.885. The second kappa shape index (κ2) is 11.5. The van der Waals surface area contributed by atoms with Crippen LogP contribution >= 0.6 is 11.3 Å². The van der Waals surface area contributed by atoms with Crippen LogP contribution in [0.5, 0.6) is 11.5 Å². The molecule has 3 aromatic carbocycles. The summed E-state index contributed by atoms with van der Waals surface area (Å²) >= 11 is 1.28. The Labute approximate surface area is 229 Å². The van der Waals surface area contributed by atoms with Crippen molar-refractivity contribution in [2.45, 2.75) is 19.9 Å². The van der Waals surface area contributed by atoms with E-state index in [0.717, 1.165) is 22.4 Å². The number of fused-ring (bicyclic) bond motifs is 1. The summed E-state index contributed by atoms with van der Waals surface area (Å²) in [4.78, 5) is 32.8. The average molecular weight is 541 g/mol. The molecule has 1 aromatic heterocycles. The SMILES string of the molecule is CCOC(=O)C1=C(c2ccccc2)N=c2s/c(=C\c3cccc(OCC)c3)c(=O)n2[C@H]1c1ccc(OC)cc1. The van der Waals surface area contributed by atoms with Crippen molar-refractivity contribution in [2.75, 3.05) is 20.3 Å². The van der Waals surface area contributed by atoms with Crippen LogP contribution in [-0.2, 0) is 9.53 Å². The second-order valence-electron chi connectivity index (χ2n) is 8.71. The van der Waals surface area contributed by atoms with E-state index in [0.29, 0.717) is 33.0 Å². The van der Waals surface area contributed by atoms with Crippen LogP contribution < -0.4 is 24.4 Å². The smallest absolute Gasteiger partial charge is 0.338 e. The zero-order valence-electron chi connectivity index (χ0n) is 21.9. The average Bonchev–Trinajstić information content (AvgIpc) is 3.27. The summed E-state index contributed by atoms with van der Waals surface area (Å²) in [6, 6.07) is 23.7. The van der Waals surface area contributed by atoms with Crippen LogP contribution in [0.4, 0.5) is 0 Å². The molecule has 0 fully saturated rings. The van der Waals surface area contributed by atoms with Crippen LogP contribution in [0.25, 0.3) is 11.8 Å². The van der Waals surface area contributed by atoms with Gasteiger partial charge in [0.25, 0.3) is 5.56 Å². The van der Waals surface area contributed by atoms with Gasteiger partial charge < -0.3 is 14.2 Å². The maximum Gasteiger partial charge on any atom is 0.338 e. The highest BCUT2D eigenvalue weighted by Crippen LogP contribution is 2.35. The van der Waals surface area contributed by atoms with E-state index in [4.69, 9.17) is 19.2 Å². The minimum absolute atomic E-state index is 0.195. The molecule has 5 rings (SSSR count). The fourth-order valence-electron chi connectivity index (χ4n) is 4.55. The second-order valence-corrected chi connectivity index (χ2v) is 9.72. The van der Waals surface area contributed by atoms with Crippen LogP contribution in [0.15, 0.2) is 94.2 Å². The van der Waals surface area contributed by atoms with E-state index in [9.17, 15) is 9.59 Å². The number of methoxy groups -OCH3 is 1. The Morgan fingerprint density at radius 2 is 1.74 bits per heavy atom. The number of esters is 1. The van der Waals surface area contributed by atoms with Gasteiger partial charge in [-0.1, -0.05) is 65.9 Å². The van der Waals surface area contributed by atoms with Gasteiger partial charge in [0.15, 0.2) is 4.80 Å². The fourth-order valence-corrected chi connectivity index (χ4v) is 5.56. The predicted molar refractivity (Wildman–Crippen MR) is 152 cm³/mol. The molecule has 198 valence electrons. The molecule has 8 heteroatoms. The zero-order chi connectivity index (χ0) is 27.4. The van der Waals surface area contributed by atoms with E-state index in [2.05, 4.69) is 0 Å². The van der Waals surface area contributed by atoms with E-state index in [-0.39, 0.29) is 12.2 Å². The molecule has 7 nitrogen and oxygen atoms in total. The summed E-state index contributed by atoms with van der Waals surface area (Å²) in [6.07, 6.45) is 1.83. The molecule has 1 aliphatic rings. The van der Waals surface area contributed by atoms with Crippen LogP contribution in [-0.4, -0.2) is 30.9 Å². The first-order valence-corrected chi connectivity index (χ1v) is 13.5. The van der Waals surface area contributed by atoms with Crippen molar-refractivity contribution in [1.29, 1.82) is 0 Å². The van der Waals surface area contributed by atoms with Gasteiger partial charge in [-0.3, -0.25) is 9.36 Å². The highest BCUT2D eigenvalue weighted by atomic mass is 32.1. The molecule has 0 saturated heterocycles. The lowest BCUT2D eigenvalue weighted by atomic mass is 9.93. The van der Waals surface area contributed by atoms with E-state index in [1.807, 2.05) is 91.9 Å². The number of carbonyl (C=O) groups excluding carboxylic acids is 1. The first-order valence-electron chi connectivity index (χ1n) is 12.7. The third-order valence-corrected chi connectivity index (χ3v) is 7.26. The lowest BCUT2D eigenvalue weighted by molar-refractivity contribution is -0.138. The van der Waals surface area contributed by atoms with Crippen molar-refractivity contribution >= 4 is 29.1 Å². The zero-order valence-corrected chi connectivity index (χ0v) is 22.7. The topological polar surface area (TPSA) is 79.1 Å². The Bertz CT molecular complexity index is 1700. The number of aromatic nitrogens is 1. The molecule has 1 atom stereocenters. The fraction of sp³-hybridized carbons (Fsp3) is 0.194. The molecule has 0 amide bonds. The summed E-state index contributed by atoms with van der Waals surface area (Å²) in [5.41, 5.74) is 2.90. The summed E-state index contributed by atoms with van der Waals surface area (Å²) in [5, 5.41) is 0. The number of benzene rings is 3. The standard InChI is InChI=1S/C31H28N2O5S/c1-4-37-24-13-9-10-20(18-24)19-25-29(34)33-28(22-14-16-23(36-3)17-15-22)26(30(35)38-5-2)27(32-31(33)39-25)21-11-7-6-8-12-21/h6-19,28H,4-5H2,1-3H3/b25-19-/t28-/m0/s1. The lowest BCUT2D eigenvalue weighted by Crippen LogP contribution is -2.40. The van der Waals surface area contributed by atoms with Crippen molar-refractivity contribution in [3.05, 3.63) is 121 Å². The maximum absolute atomic E-state index is 14.0. The van der Waals surface area contributed by atoms with E-state index in [1.54, 1.807) is 18.6 Å². The van der Waals surface area contributed by atoms with Crippen molar-refractivity contribution in [2.24, 2.45) is 4.99 Å². The van der Waals surface area contributed by atoms with Crippen molar-refractivity contribution in [3.8, 4) is 11.5 Å². The summed E-state index contributed by atoms with van der Waals surface area (Å²) in [6.45, 7) is 4.43. The van der Waals surface area contributed by atoms with Crippen molar-refractivity contribution < 1.29 is 19.0 Å². The van der Waals surface area contributed by atoms with Gasteiger partial charge in [0.05, 0.1) is 42.2 Å². The summed E-state index contributed by atoms with van der Waals surface area (Å²) < 4.78 is 18.6. The molecule has 0 radical (unpaired) electrons. The predicted octanol–water partition coefficient (Wildman–Crippen LogP) is 4.34. The van der Waals surface area contributed by atoms with Gasteiger partial charge in [-0.2, -0.15) is 0 Å². The van der Waals surface area contributed by atoms with Gasteiger partial charge in [-0.25, -0.2) is 9.79 Å². The Balaban J connectivity index is 1.78. The number of hydrogen-bond acceptors (Lipinski definition) is 7. The molecule has 39 heavy (non-hydrogen) atoms. The Kier molecular flexibility index (Phi) is 7.74. The number of rotatable bonds is 8. The lowest BCUT2D eigenvalue weighted by Gasteiger charge is -2.26. The maximum atomic E-state index is 14.0. The quantitative estimate of drug-likeness (QED) is 0.311. The van der Waals surface area contributed by atoms with Crippen LogP contribution in [0.1, 0.15) is 36.6 Å². The molecule has 0 N–H and O–H groups in total. The van der Waals surface area contributed by atoms with Crippen LogP contribution in [0.3, 0.4) is 0 Å². The van der Waals surface area contributed by atoms with E-state index in [1.165, 1.54) is 11.3 Å². The molecule has 0 bridgehead atoms. The normalized spacial score (nSPS) is 14.9. The van der Waals surface area contributed by atoms with Gasteiger partial charge in [-0.15, -0.1) is 0 Å². The molecule has 0 unspecified atom stereocenters. The number of carbonyl (C=O) groups is 1. The van der Waals surface area contributed by atoms with Gasteiger partial charge in [0.1, 0.15) is 11.5 Å². The third kappa shape index (κ3) is 5.28. The molecule has 0 aliphatic carbocycles. The Hall–Kier alpha value is -4.43. The monoisotopic (exact) mass is 540 g/mol. The largest absolute Gasteiger partial charge is 0.497 e. The Morgan fingerprint density at radius 1 is 0.974 bits per heavy atom. The molecule has 0 spiro atoms. The highest BCUT2D eigenvalue weighted by Gasteiger charge is 2.35. The molecule has 1 aliphatic heterocycles. The van der Waals surface area contributed by atoms with E-state index < -0.39 is 12.0 Å². The number of hydrogen-bond donors (Lipinski definition) is 0. The van der Waals surface area contributed by atoms with Crippen molar-refractivity contribution in [3.63, 3.8) is 0 Å². The van der Waals surface area contributed by atoms with Crippen molar-refractivity contribution in [1.82, 2.24) is 4.57 Å². The van der Waals surface area contributed by atoms with Crippen LogP contribution in [0.2, 0.25) is 0 Å². The molecule has 0 saturated carbocycles. The Morgan fingerprint density at radius 3 is 2.44 bits per heavy atom. The van der Waals surface area contributed by atoms with E-state index >= 15 is 0 Å².